The predicted octanol–water partition coefficient (Wildman–Crippen LogP) is 1.96. The summed E-state index contributed by atoms with van der Waals surface area (Å²) in [7, 11) is 0. The van der Waals surface area contributed by atoms with E-state index >= 15 is 0 Å². The number of hydrogen-bond donors (Lipinski definition) is 1. The van der Waals surface area contributed by atoms with Gasteiger partial charge in [0.2, 0.25) is 5.82 Å². The van der Waals surface area contributed by atoms with Crippen LogP contribution in [-0.4, -0.2) is 28.2 Å². The van der Waals surface area contributed by atoms with E-state index in [0.717, 1.165) is 25.9 Å². The standard InChI is InChI=1S/C17H14F3N5O3/c18-17(19,20)16-23-15(24-28-16)9-3-4-10(21-7-9)8-22-11-12(14(27)13(11)26)25-5-1-2-6-25/h3-4,7,22H,1-2,5-6,8H2. The van der Waals surface area contributed by atoms with Crippen molar-refractivity contribution in [2.24, 2.45) is 0 Å². The molecule has 0 saturated carbocycles. The Hall–Kier alpha value is -3.24. The third kappa shape index (κ3) is 3.23. The molecule has 0 atom stereocenters. The number of halogens is 3. The lowest BCUT2D eigenvalue weighted by molar-refractivity contribution is -0.159. The summed E-state index contributed by atoms with van der Waals surface area (Å²) < 4.78 is 41.7. The predicted molar refractivity (Wildman–Crippen MR) is 92.7 cm³/mol. The maximum absolute atomic E-state index is 12.5. The van der Waals surface area contributed by atoms with E-state index in [1.165, 1.54) is 12.3 Å². The fraction of sp³-hybridized carbons (Fsp3) is 0.353. The molecule has 28 heavy (non-hydrogen) atoms. The zero-order valence-corrected chi connectivity index (χ0v) is 14.4. The Kier molecular flexibility index (Phi) is 4.36. The first-order valence-corrected chi connectivity index (χ1v) is 8.53. The van der Waals surface area contributed by atoms with Gasteiger partial charge in [-0.1, -0.05) is 5.16 Å². The van der Waals surface area contributed by atoms with Crippen LogP contribution in [0.5, 0.6) is 0 Å². The molecule has 0 spiro atoms. The number of aromatic nitrogens is 3. The van der Waals surface area contributed by atoms with Gasteiger partial charge in [-0.15, -0.1) is 0 Å². The lowest BCUT2D eigenvalue weighted by Gasteiger charge is -2.22. The summed E-state index contributed by atoms with van der Waals surface area (Å²) in [4.78, 5) is 33.0. The minimum absolute atomic E-state index is 0.187. The Bertz CT molecular complexity index is 1060. The molecule has 11 heteroatoms. The molecule has 4 rings (SSSR count). The van der Waals surface area contributed by atoms with Crippen molar-refractivity contribution in [1.82, 2.24) is 15.1 Å². The van der Waals surface area contributed by atoms with Crippen LogP contribution in [0.3, 0.4) is 0 Å². The van der Waals surface area contributed by atoms with Crippen molar-refractivity contribution < 1.29 is 17.7 Å². The van der Waals surface area contributed by atoms with E-state index < -0.39 is 22.9 Å². The Morgan fingerprint density at radius 1 is 1.14 bits per heavy atom. The van der Waals surface area contributed by atoms with Crippen LogP contribution < -0.4 is 21.1 Å². The molecule has 0 radical (unpaired) electrons. The van der Waals surface area contributed by atoms with Gasteiger partial charge in [0.05, 0.1) is 12.2 Å². The third-order valence-electron chi connectivity index (χ3n) is 4.51. The highest BCUT2D eigenvalue weighted by atomic mass is 19.4. The lowest BCUT2D eigenvalue weighted by atomic mass is 10.1. The summed E-state index contributed by atoms with van der Waals surface area (Å²) in [6, 6.07) is 3.06. The molecular formula is C17H14F3N5O3. The van der Waals surface area contributed by atoms with E-state index in [1.54, 1.807) is 6.07 Å². The third-order valence-corrected chi connectivity index (χ3v) is 4.51. The highest BCUT2D eigenvalue weighted by molar-refractivity contribution is 5.75. The average Bonchev–Trinajstić information content (AvgIpc) is 3.36. The van der Waals surface area contributed by atoms with Crippen LogP contribution >= 0.6 is 0 Å². The molecule has 0 amide bonds. The first kappa shape index (κ1) is 18.1. The lowest BCUT2D eigenvalue weighted by Crippen LogP contribution is -2.41. The SMILES string of the molecule is O=c1c(NCc2ccc(-c3noc(C(F)(F)F)n3)cn2)c(N2CCCC2)c1=O. The van der Waals surface area contributed by atoms with Crippen LogP contribution in [0.4, 0.5) is 24.5 Å². The van der Waals surface area contributed by atoms with E-state index in [4.69, 9.17) is 0 Å². The number of alkyl halides is 3. The van der Waals surface area contributed by atoms with Crippen LogP contribution in [0.15, 0.2) is 32.4 Å². The van der Waals surface area contributed by atoms with Gasteiger partial charge in [0.1, 0.15) is 11.4 Å². The molecule has 0 unspecified atom stereocenters. The fourth-order valence-electron chi connectivity index (χ4n) is 3.08. The van der Waals surface area contributed by atoms with Crippen LogP contribution in [0, 0.1) is 0 Å². The van der Waals surface area contributed by atoms with E-state index in [0.29, 0.717) is 11.4 Å². The van der Waals surface area contributed by atoms with Crippen molar-refractivity contribution >= 4 is 11.4 Å². The summed E-state index contributed by atoms with van der Waals surface area (Å²) in [5.41, 5.74) is 0.463. The van der Waals surface area contributed by atoms with E-state index in [2.05, 4.69) is 25.0 Å². The molecule has 1 fully saturated rings. The molecular weight excluding hydrogens is 379 g/mol. The van der Waals surface area contributed by atoms with E-state index in [9.17, 15) is 22.8 Å². The van der Waals surface area contributed by atoms with Crippen molar-refractivity contribution in [2.75, 3.05) is 23.3 Å². The van der Waals surface area contributed by atoms with Crippen LogP contribution in [0.25, 0.3) is 11.4 Å². The smallest absolute Gasteiger partial charge is 0.374 e. The second-order valence-electron chi connectivity index (χ2n) is 6.39. The summed E-state index contributed by atoms with van der Waals surface area (Å²) in [6.45, 7) is 1.68. The maximum atomic E-state index is 12.5. The van der Waals surface area contributed by atoms with Gasteiger partial charge < -0.3 is 14.7 Å². The van der Waals surface area contributed by atoms with E-state index in [1.807, 2.05) is 4.90 Å². The summed E-state index contributed by atoms with van der Waals surface area (Å²) in [5.74, 6) is -1.65. The monoisotopic (exact) mass is 393 g/mol. The topological polar surface area (TPSA) is 101 Å². The Labute approximate surface area is 155 Å². The van der Waals surface area contributed by atoms with Crippen LogP contribution in [0.1, 0.15) is 24.4 Å². The van der Waals surface area contributed by atoms with Gasteiger partial charge in [-0.25, -0.2) is 0 Å². The number of pyridine rings is 1. The second-order valence-corrected chi connectivity index (χ2v) is 6.39. The zero-order chi connectivity index (χ0) is 19.9. The maximum Gasteiger partial charge on any atom is 0.471 e. The van der Waals surface area contributed by atoms with Crippen molar-refractivity contribution in [3.63, 3.8) is 0 Å². The molecule has 0 bridgehead atoms. The summed E-state index contributed by atoms with van der Waals surface area (Å²) in [6.07, 6.45) is -1.44. The minimum atomic E-state index is -4.71. The molecule has 3 heterocycles. The number of rotatable bonds is 5. The minimum Gasteiger partial charge on any atom is -0.374 e. The van der Waals surface area contributed by atoms with Crippen LogP contribution in [-0.2, 0) is 12.7 Å². The molecule has 146 valence electrons. The molecule has 1 saturated heterocycles. The highest BCUT2D eigenvalue weighted by Crippen LogP contribution is 2.29. The Morgan fingerprint density at radius 3 is 2.50 bits per heavy atom. The number of hydrogen-bond acceptors (Lipinski definition) is 8. The molecule has 0 aliphatic carbocycles. The van der Waals surface area contributed by atoms with Crippen molar-refractivity contribution in [3.05, 3.63) is 50.4 Å². The number of nitrogens with zero attached hydrogens (tertiary/aromatic N) is 4. The quantitative estimate of drug-likeness (QED) is 0.657. The molecule has 8 nitrogen and oxygen atoms in total. The van der Waals surface area contributed by atoms with Gasteiger partial charge in [0.15, 0.2) is 0 Å². The zero-order valence-electron chi connectivity index (χ0n) is 14.4. The molecule has 1 N–H and O–H groups in total. The van der Waals surface area contributed by atoms with E-state index in [-0.39, 0.29) is 23.6 Å². The number of anilines is 2. The van der Waals surface area contributed by atoms with Crippen molar-refractivity contribution in [1.29, 1.82) is 0 Å². The molecule has 3 aromatic rings. The normalized spacial score (nSPS) is 14.8. The van der Waals surface area contributed by atoms with Crippen molar-refractivity contribution in [2.45, 2.75) is 25.6 Å². The first-order chi connectivity index (χ1) is 13.3. The summed E-state index contributed by atoms with van der Waals surface area (Å²) in [5, 5.41) is 6.23. The van der Waals surface area contributed by atoms with Crippen molar-refractivity contribution in [3.8, 4) is 11.4 Å². The number of nitrogens with one attached hydrogen (secondary N) is 1. The van der Waals surface area contributed by atoms with Gasteiger partial charge in [0, 0.05) is 24.8 Å². The average molecular weight is 393 g/mol. The molecule has 1 aliphatic heterocycles. The molecule has 2 aromatic heterocycles. The Balaban J connectivity index is 1.45. The molecule has 1 aliphatic rings. The van der Waals surface area contributed by atoms with Gasteiger partial charge in [-0.2, -0.15) is 18.2 Å². The largest absolute Gasteiger partial charge is 0.471 e. The first-order valence-electron chi connectivity index (χ1n) is 8.53. The fourth-order valence-corrected chi connectivity index (χ4v) is 3.08. The van der Waals surface area contributed by atoms with Gasteiger partial charge in [0.25, 0.3) is 10.9 Å². The Morgan fingerprint density at radius 2 is 1.89 bits per heavy atom. The summed E-state index contributed by atoms with van der Waals surface area (Å²) >= 11 is 0. The van der Waals surface area contributed by atoms with Gasteiger partial charge in [-0.05, 0) is 25.0 Å². The second kappa shape index (κ2) is 6.73. The van der Waals surface area contributed by atoms with Gasteiger partial charge in [-0.3, -0.25) is 14.6 Å². The van der Waals surface area contributed by atoms with Crippen LogP contribution in [0.2, 0.25) is 0 Å². The highest BCUT2D eigenvalue weighted by Gasteiger charge is 2.38. The molecule has 1 aromatic carbocycles. The van der Waals surface area contributed by atoms with Gasteiger partial charge >= 0.3 is 12.1 Å².